The van der Waals surface area contributed by atoms with E-state index in [9.17, 15) is 13.6 Å². The van der Waals surface area contributed by atoms with Gasteiger partial charge in [0.2, 0.25) is 5.82 Å². The smallest absolute Gasteiger partial charge is 0.299 e. The first-order chi connectivity index (χ1) is 10.6. The van der Waals surface area contributed by atoms with Crippen molar-refractivity contribution in [2.75, 3.05) is 6.67 Å². The van der Waals surface area contributed by atoms with E-state index in [1.807, 2.05) is 0 Å². The molecule has 0 atom stereocenters. The highest BCUT2D eigenvalue weighted by Gasteiger charge is 2.24. The second-order valence-electron chi connectivity index (χ2n) is 4.48. The standard InChI is InChI=1S/C7H6F2N4.C5H5N3O/c1-4-2-3-10-13-6(4)11-12-7(13)5(8)9;9-5-4-3(1-6-5)7-2-8-4/h2-3,5H,1H3;1,7H,2H2,(H,6,9). The van der Waals surface area contributed by atoms with Gasteiger partial charge in [0.05, 0.1) is 5.70 Å². The molecule has 4 heterocycles. The summed E-state index contributed by atoms with van der Waals surface area (Å²) in [5, 5.41) is 16.2. The molecule has 0 saturated carbocycles. The molecular formula is C12H11F2N7O. The van der Waals surface area contributed by atoms with Crippen LogP contribution in [0.25, 0.3) is 5.65 Å². The van der Waals surface area contributed by atoms with E-state index >= 15 is 0 Å². The number of carbonyl (C=O) groups is 1. The fourth-order valence-corrected chi connectivity index (χ4v) is 1.97. The molecule has 0 aliphatic carbocycles. The molecule has 2 aromatic heterocycles. The van der Waals surface area contributed by atoms with Gasteiger partial charge >= 0.3 is 0 Å². The number of aromatic nitrogens is 4. The highest BCUT2D eigenvalue weighted by molar-refractivity contribution is 6.47. The molecular weight excluding hydrogens is 296 g/mol. The number of fused-ring (bicyclic) bond motifs is 2. The summed E-state index contributed by atoms with van der Waals surface area (Å²) >= 11 is 0. The molecule has 4 rings (SSSR count). The van der Waals surface area contributed by atoms with E-state index in [-0.39, 0.29) is 5.91 Å². The predicted molar refractivity (Wildman–Crippen MR) is 72.1 cm³/mol. The summed E-state index contributed by atoms with van der Waals surface area (Å²) in [5.74, 6) is -0.520. The topological polar surface area (TPSA) is 96.6 Å². The van der Waals surface area contributed by atoms with Gasteiger partial charge in [-0.15, -0.1) is 10.2 Å². The van der Waals surface area contributed by atoms with Crippen LogP contribution in [0.3, 0.4) is 0 Å². The molecule has 0 aromatic carbocycles. The van der Waals surface area contributed by atoms with Crippen molar-refractivity contribution in [2.24, 2.45) is 4.99 Å². The van der Waals surface area contributed by atoms with E-state index in [1.165, 1.54) is 6.20 Å². The highest BCUT2D eigenvalue weighted by atomic mass is 19.3. The van der Waals surface area contributed by atoms with Gasteiger partial charge in [0.1, 0.15) is 12.4 Å². The summed E-state index contributed by atoms with van der Waals surface area (Å²) < 4.78 is 25.7. The highest BCUT2D eigenvalue weighted by Crippen LogP contribution is 2.17. The number of nitrogens with one attached hydrogen (secondary N) is 2. The predicted octanol–water partition coefficient (Wildman–Crippen LogP) is 0.330. The second-order valence-corrected chi connectivity index (χ2v) is 4.48. The molecule has 10 heteroatoms. The van der Waals surface area contributed by atoms with Gasteiger partial charge in [-0.25, -0.2) is 8.78 Å². The van der Waals surface area contributed by atoms with Crippen LogP contribution >= 0.6 is 0 Å². The van der Waals surface area contributed by atoms with Gasteiger partial charge in [0.25, 0.3) is 12.3 Å². The first kappa shape index (κ1) is 14.0. The molecule has 0 fully saturated rings. The van der Waals surface area contributed by atoms with Crippen molar-refractivity contribution >= 4 is 17.3 Å². The third-order valence-corrected chi connectivity index (χ3v) is 3.04. The number of hydrogen-bond donors (Lipinski definition) is 2. The SMILES string of the molecule is Cc1ccnn2c(C(F)F)nnc12.O=C1NC=C2NCN=C12. The minimum Gasteiger partial charge on any atom is -0.363 e. The van der Waals surface area contributed by atoms with Crippen molar-refractivity contribution in [2.45, 2.75) is 13.3 Å². The fourth-order valence-electron chi connectivity index (χ4n) is 1.97. The van der Waals surface area contributed by atoms with E-state index in [0.717, 1.165) is 15.8 Å². The third-order valence-electron chi connectivity index (χ3n) is 3.04. The molecule has 0 radical (unpaired) electrons. The largest absolute Gasteiger partial charge is 0.363 e. The molecule has 0 spiro atoms. The minimum absolute atomic E-state index is 0.102. The van der Waals surface area contributed by atoms with Crippen molar-refractivity contribution in [3.05, 3.63) is 35.5 Å². The van der Waals surface area contributed by atoms with Crippen LogP contribution in [0.1, 0.15) is 17.8 Å². The van der Waals surface area contributed by atoms with Gasteiger partial charge in [-0.1, -0.05) is 0 Å². The molecule has 0 unspecified atom stereocenters. The van der Waals surface area contributed by atoms with E-state index in [0.29, 0.717) is 18.0 Å². The number of rotatable bonds is 1. The Bertz CT molecular complexity index is 796. The van der Waals surface area contributed by atoms with Crippen LogP contribution in [0, 0.1) is 6.92 Å². The Morgan fingerprint density at radius 2 is 2.18 bits per heavy atom. The first-order valence-corrected chi connectivity index (χ1v) is 6.32. The van der Waals surface area contributed by atoms with Gasteiger partial charge in [0.15, 0.2) is 5.65 Å². The molecule has 2 aliphatic heterocycles. The van der Waals surface area contributed by atoms with Crippen molar-refractivity contribution in [1.29, 1.82) is 0 Å². The number of halogens is 2. The van der Waals surface area contributed by atoms with Gasteiger partial charge in [-0.3, -0.25) is 9.79 Å². The maximum atomic E-state index is 12.3. The van der Waals surface area contributed by atoms with Crippen LogP contribution in [0.5, 0.6) is 0 Å². The average molecular weight is 307 g/mol. The van der Waals surface area contributed by atoms with Crippen molar-refractivity contribution in [3.8, 4) is 0 Å². The number of aliphatic imine (C=N–C) groups is 1. The van der Waals surface area contributed by atoms with Crippen LogP contribution in [-0.2, 0) is 4.79 Å². The van der Waals surface area contributed by atoms with Crippen LogP contribution in [0.4, 0.5) is 8.78 Å². The Morgan fingerprint density at radius 1 is 1.36 bits per heavy atom. The number of nitrogens with zero attached hydrogens (tertiary/aromatic N) is 5. The molecule has 0 saturated heterocycles. The van der Waals surface area contributed by atoms with Gasteiger partial charge in [-0.2, -0.15) is 9.61 Å². The van der Waals surface area contributed by atoms with Gasteiger partial charge in [-0.05, 0) is 18.6 Å². The zero-order valence-electron chi connectivity index (χ0n) is 11.4. The normalized spacial score (nSPS) is 15.7. The third kappa shape index (κ3) is 2.38. The van der Waals surface area contributed by atoms with Crippen molar-refractivity contribution < 1.29 is 13.6 Å². The van der Waals surface area contributed by atoms with Crippen LogP contribution in [0.2, 0.25) is 0 Å². The monoisotopic (exact) mass is 307 g/mol. The quantitative estimate of drug-likeness (QED) is 0.791. The summed E-state index contributed by atoms with van der Waals surface area (Å²) in [6, 6.07) is 1.69. The molecule has 2 aromatic rings. The van der Waals surface area contributed by atoms with Crippen LogP contribution in [-0.4, -0.2) is 38.1 Å². The molecule has 2 aliphatic rings. The summed E-state index contributed by atoms with van der Waals surface area (Å²) in [5.41, 5.74) is 2.50. The van der Waals surface area contributed by atoms with Crippen LogP contribution in [0.15, 0.2) is 29.2 Å². The lowest BCUT2D eigenvalue weighted by molar-refractivity contribution is -0.113. The number of amides is 1. The van der Waals surface area contributed by atoms with Crippen molar-refractivity contribution in [1.82, 2.24) is 30.4 Å². The summed E-state index contributed by atoms with van der Waals surface area (Å²) in [4.78, 5) is 14.6. The molecule has 8 nitrogen and oxygen atoms in total. The fraction of sp³-hybridized carbons (Fsp3) is 0.250. The Hall–Kier alpha value is -2.91. The lowest BCUT2D eigenvalue weighted by Gasteiger charge is -1.96. The molecule has 114 valence electrons. The summed E-state index contributed by atoms with van der Waals surface area (Å²) in [7, 11) is 0. The maximum Gasteiger partial charge on any atom is 0.299 e. The van der Waals surface area contributed by atoms with Gasteiger partial charge < -0.3 is 10.6 Å². The number of hydrogen-bond acceptors (Lipinski definition) is 6. The zero-order chi connectivity index (χ0) is 15.7. The Morgan fingerprint density at radius 3 is 2.91 bits per heavy atom. The Labute approximate surface area is 122 Å². The molecule has 2 N–H and O–H groups in total. The number of carbonyl (C=O) groups excluding carboxylic acids is 1. The Balaban J connectivity index is 0.000000139. The molecule has 22 heavy (non-hydrogen) atoms. The summed E-state index contributed by atoms with van der Waals surface area (Å²) in [6.45, 7) is 2.30. The van der Waals surface area contributed by atoms with E-state index in [2.05, 4.69) is 30.9 Å². The lowest BCUT2D eigenvalue weighted by atomic mass is 10.3. The van der Waals surface area contributed by atoms with Gasteiger partial charge in [0, 0.05) is 12.4 Å². The average Bonchev–Trinajstić information content (AvgIpc) is 3.17. The van der Waals surface area contributed by atoms with E-state index in [4.69, 9.17) is 0 Å². The molecule has 1 amide bonds. The minimum atomic E-state index is -2.65. The van der Waals surface area contributed by atoms with E-state index in [1.54, 1.807) is 19.2 Å². The van der Waals surface area contributed by atoms with E-state index < -0.39 is 12.2 Å². The lowest BCUT2D eigenvalue weighted by Crippen LogP contribution is -2.18. The molecule has 0 bridgehead atoms. The Kier molecular flexibility index (Phi) is 3.49. The first-order valence-electron chi connectivity index (χ1n) is 6.32. The van der Waals surface area contributed by atoms with Crippen LogP contribution < -0.4 is 10.6 Å². The zero-order valence-corrected chi connectivity index (χ0v) is 11.4. The number of aryl methyl sites for hydroxylation is 1. The maximum absolute atomic E-state index is 12.3. The summed E-state index contributed by atoms with van der Waals surface area (Å²) in [6.07, 6.45) is 0.426. The van der Waals surface area contributed by atoms with Crippen molar-refractivity contribution in [3.63, 3.8) is 0 Å². The second kappa shape index (κ2) is 5.47. The number of alkyl halides is 2.